The van der Waals surface area contributed by atoms with E-state index in [1.807, 2.05) is 0 Å². The number of carbonyl (C=O) groups is 4. The monoisotopic (exact) mass is 443 g/mol. The van der Waals surface area contributed by atoms with Crippen LogP contribution in [0.5, 0.6) is 0 Å². The number of nitrogens with one attached hydrogen (secondary N) is 2. The Morgan fingerprint density at radius 1 is 1.09 bits per heavy atom. The number of piperidine rings is 1. The minimum atomic E-state index is -0.686. The Labute approximate surface area is 189 Å². The van der Waals surface area contributed by atoms with E-state index in [1.165, 1.54) is 37.0 Å². The lowest BCUT2D eigenvalue weighted by molar-refractivity contribution is -0.136. The van der Waals surface area contributed by atoms with Gasteiger partial charge >= 0.3 is 6.09 Å². The van der Waals surface area contributed by atoms with E-state index < -0.39 is 18.0 Å². The zero-order chi connectivity index (χ0) is 22.9. The van der Waals surface area contributed by atoms with Crippen LogP contribution in [0, 0.1) is 0 Å². The average molecular weight is 444 g/mol. The molecule has 174 valence electrons. The lowest BCUT2D eigenvalue weighted by atomic mass is 10.0. The molecular weight excluding hydrogens is 410 g/mol. The van der Waals surface area contributed by atoms with Crippen molar-refractivity contribution in [1.82, 2.24) is 10.2 Å². The van der Waals surface area contributed by atoms with Gasteiger partial charge < -0.3 is 9.64 Å². The van der Waals surface area contributed by atoms with E-state index in [0.717, 1.165) is 19.3 Å². The van der Waals surface area contributed by atoms with Crippen molar-refractivity contribution in [2.24, 2.45) is 0 Å². The molecule has 0 aromatic heterocycles. The molecule has 0 aliphatic carbocycles. The summed E-state index contributed by atoms with van der Waals surface area (Å²) in [6.45, 7) is 2.77. The normalized spacial score (nSPS) is 17.8. The minimum Gasteiger partial charge on any atom is -0.449 e. The third-order valence-corrected chi connectivity index (χ3v) is 6.05. The molecule has 1 unspecified atom stereocenters. The molecule has 1 saturated heterocycles. The number of unbranched alkanes of at least 4 members (excludes halogenated alkanes) is 7. The largest absolute Gasteiger partial charge is 0.449 e. The van der Waals surface area contributed by atoms with E-state index in [2.05, 4.69) is 17.6 Å². The van der Waals surface area contributed by atoms with Crippen LogP contribution in [-0.2, 0) is 20.9 Å². The summed E-state index contributed by atoms with van der Waals surface area (Å²) in [6.07, 6.45) is 9.29. The first kappa shape index (κ1) is 23.8. The van der Waals surface area contributed by atoms with Crippen molar-refractivity contribution in [3.05, 3.63) is 29.3 Å². The molecule has 8 heteroatoms. The standard InChI is InChI=1S/C24H33N3O5/c1-2-3-4-5-6-7-8-9-15-32-24(31)25-19-12-10-11-17-18(19)16-27(23(17)30)20-13-14-21(28)26-22(20)29/h10-12,20H,2-9,13-16H2,1H3,(H,25,31)(H,26,28,29). The predicted molar refractivity (Wildman–Crippen MR) is 120 cm³/mol. The maximum absolute atomic E-state index is 12.8. The number of hydrogen-bond donors (Lipinski definition) is 2. The summed E-state index contributed by atoms with van der Waals surface area (Å²) < 4.78 is 5.30. The van der Waals surface area contributed by atoms with Gasteiger partial charge in [-0.2, -0.15) is 0 Å². The number of benzene rings is 1. The van der Waals surface area contributed by atoms with Gasteiger partial charge in [0.15, 0.2) is 0 Å². The Balaban J connectivity index is 1.46. The molecule has 3 rings (SSSR count). The second kappa shape index (κ2) is 11.6. The molecule has 0 spiro atoms. The molecule has 8 nitrogen and oxygen atoms in total. The first-order valence-electron chi connectivity index (χ1n) is 11.7. The number of fused-ring (bicyclic) bond motifs is 1. The van der Waals surface area contributed by atoms with Gasteiger partial charge in [0.2, 0.25) is 11.8 Å². The highest BCUT2D eigenvalue weighted by Crippen LogP contribution is 2.32. The highest BCUT2D eigenvalue weighted by atomic mass is 16.5. The van der Waals surface area contributed by atoms with E-state index in [0.29, 0.717) is 29.8 Å². The van der Waals surface area contributed by atoms with Gasteiger partial charge in [0.05, 0.1) is 6.61 Å². The zero-order valence-electron chi connectivity index (χ0n) is 18.8. The van der Waals surface area contributed by atoms with Crippen molar-refractivity contribution < 1.29 is 23.9 Å². The number of amides is 4. The lowest BCUT2D eigenvalue weighted by Crippen LogP contribution is -2.52. The Morgan fingerprint density at radius 3 is 2.53 bits per heavy atom. The Morgan fingerprint density at radius 2 is 1.81 bits per heavy atom. The quantitative estimate of drug-likeness (QED) is 0.395. The SMILES string of the molecule is CCCCCCCCCCOC(=O)Nc1cccc2c1CN(C1CCC(=O)NC1=O)C2=O. The molecule has 32 heavy (non-hydrogen) atoms. The summed E-state index contributed by atoms with van der Waals surface area (Å²) in [5.41, 5.74) is 1.62. The van der Waals surface area contributed by atoms with Crippen molar-refractivity contribution in [2.75, 3.05) is 11.9 Å². The Kier molecular flexibility index (Phi) is 8.64. The van der Waals surface area contributed by atoms with Gasteiger partial charge in [-0.05, 0) is 25.0 Å². The van der Waals surface area contributed by atoms with Gasteiger partial charge in [-0.1, -0.05) is 57.9 Å². The van der Waals surface area contributed by atoms with E-state index in [-0.39, 0.29) is 24.8 Å². The first-order valence-corrected chi connectivity index (χ1v) is 11.7. The Hall–Kier alpha value is -2.90. The third-order valence-electron chi connectivity index (χ3n) is 6.05. The van der Waals surface area contributed by atoms with E-state index in [9.17, 15) is 19.2 Å². The molecule has 0 saturated carbocycles. The van der Waals surface area contributed by atoms with E-state index in [4.69, 9.17) is 4.74 Å². The fraction of sp³-hybridized carbons (Fsp3) is 0.583. The van der Waals surface area contributed by atoms with Crippen LogP contribution in [0.1, 0.15) is 87.1 Å². The summed E-state index contributed by atoms with van der Waals surface area (Å²) in [5, 5.41) is 5.02. The fourth-order valence-electron chi connectivity index (χ4n) is 4.25. The molecule has 0 bridgehead atoms. The maximum Gasteiger partial charge on any atom is 0.411 e. The summed E-state index contributed by atoms with van der Waals surface area (Å²) in [5.74, 6) is -1.05. The minimum absolute atomic E-state index is 0.201. The van der Waals surface area contributed by atoms with Crippen LogP contribution < -0.4 is 10.6 Å². The smallest absolute Gasteiger partial charge is 0.411 e. The zero-order valence-corrected chi connectivity index (χ0v) is 18.8. The number of nitrogens with zero attached hydrogens (tertiary/aromatic N) is 1. The molecule has 1 atom stereocenters. The van der Waals surface area contributed by atoms with Crippen molar-refractivity contribution in [2.45, 2.75) is 83.7 Å². The van der Waals surface area contributed by atoms with Gasteiger partial charge in [-0.3, -0.25) is 25.0 Å². The summed E-state index contributed by atoms with van der Waals surface area (Å²) in [7, 11) is 0. The van der Waals surface area contributed by atoms with Crippen LogP contribution in [0.4, 0.5) is 10.5 Å². The first-order chi connectivity index (χ1) is 15.5. The van der Waals surface area contributed by atoms with Crippen molar-refractivity contribution >= 4 is 29.5 Å². The third kappa shape index (κ3) is 6.08. The van der Waals surface area contributed by atoms with Crippen molar-refractivity contribution in [3.63, 3.8) is 0 Å². The Bertz CT molecular complexity index is 854. The highest BCUT2D eigenvalue weighted by Gasteiger charge is 2.39. The molecule has 4 amide bonds. The molecule has 0 radical (unpaired) electrons. The average Bonchev–Trinajstić information content (AvgIpc) is 3.10. The van der Waals surface area contributed by atoms with Crippen molar-refractivity contribution in [1.29, 1.82) is 0 Å². The van der Waals surface area contributed by atoms with Gasteiger partial charge in [0, 0.05) is 29.8 Å². The number of anilines is 1. The van der Waals surface area contributed by atoms with Crippen LogP contribution >= 0.6 is 0 Å². The van der Waals surface area contributed by atoms with Crippen LogP contribution in [0.15, 0.2) is 18.2 Å². The van der Waals surface area contributed by atoms with Gasteiger partial charge in [-0.25, -0.2) is 4.79 Å². The molecule has 1 aromatic carbocycles. The molecule has 2 heterocycles. The topological polar surface area (TPSA) is 105 Å². The predicted octanol–water partition coefficient (Wildman–Crippen LogP) is 4.14. The van der Waals surface area contributed by atoms with Gasteiger partial charge in [-0.15, -0.1) is 0 Å². The molecule has 1 aromatic rings. The summed E-state index contributed by atoms with van der Waals surface area (Å²) in [4.78, 5) is 50.1. The summed E-state index contributed by atoms with van der Waals surface area (Å²) in [6, 6.07) is 4.41. The number of carbonyl (C=O) groups excluding carboxylic acids is 4. The highest BCUT2D eigenvalue weighted by molar-refractivity contribution is 6.06. The molecule has 2 aliphatic heterocycles. The molecule has 2 N–H and O–H groups in total. The summed E-state index contributed by atoms with van der Waals surface area (Å²) >= 11 is 0. The number of rotatable bonds is 11. The molecule has 1 fully saturated rings. The maximum atomic E-state index is 12.8. The lowest BCUT2D eigenvalue weighted by Gasteiger charge is -2.29. The van der Waals surface area contributed by atoms with E-state index in [1.54, 1.807) is 18.2 Å². The van der Waals surface area contributed by atoms with E-state index >= 15 is 0 Å². The van der Waals surface area contributed by atoms with Crippen LogP contribution in [0.2, 0.25) is 0 Å². The number of ether oxygens (including phenoxy) is 1. The van der Waals surface area contributed by atoms with Crippen LogP contribution in [-0.4, -0.2) is 41.4 Å². The molecular formula is C24H33N3O5. The van der Waals surface area contributed by atoms with Gasteiger partial charge in [0.1, 0.15) is 6.04 Å². The number of imide groups is 1. The van der Waals surface area contributed by atoms with Crippen LogP contribution in [0.25, 0.3) is 0 Å². The van der Waals surface area contributed by atoms with Crippen molar-refractivity contribution in [3.8, 4) is 0 Å². The number of hydrogen-bond acceptors (Lipinski definition) is 5. The van der Waals surface area contributed by atoms with Gasteiger partial charge in [0.25, 0.3) is 5.91 Å². The second-order valence-corrected chi connectivity index (χ2v) is 8.47. The molecule has 2 aliphatic rings. The van der Waals surface area contributed by atoms with Crippen LogP contribution in [0.3, 0.4) is 0 Å². The fourth-order valence-corrected chi connectivity index (χ4v) is 4.25. The second-order valence-electron chi connectivity index (χ2n) is 8.47.